The van der Waals surface area contributed by atoms with Crippen LogP contribution in [0, 0.1) is 17.5 Å². The van der Waals surface area contributed by atoms with Crippen LogP contribution in [0.3, 0.4) is 0 Å². The Morgan fingerprint density at radius 2 is 1.71 bits per heavy atom. The van der Waals surface area contributed by atoms with Crippen molar-refractivity contribution in [2.24, 2.45) is 0 Å². The first-order valence-electron chi connectivity index (χ1n) is 11.3. The highest BCUT2D eigenvalue weighted by Gasteiger charge is 2.26. The molecule has 1 amide bonds. The molecule has 3 aromatic carbocycles. The monoisotopic (exact) mass is 498 g/mol. The van der Waals surface area contributed by atoms with Crippen LogP contribution >= 0.6 is 11.6 Å². The number of aromatic amines is 1. The molecule has 0 saturated carbocycles. The minimum Gasteiger partial charge on any atom is -0.360 e. The first kappa shape index (κ1) is 24.9. The summed E-state index contributed by atoms with van der Waals surface area (Å²) in [5, 5.41) is 0.380. The maximum Gasteiger partial charge on any atom is 0.259 e. The van der Waals surface area contributed by atoms with Gasteiger partial charge in [-0.15, -0.1) is 0 Å². The molecule has 3 nitrogen and oxygen atoms in total. The highest BCUT2D eigenvalue weighted by atomic mass is 35.5. The lowest BCUT2D eigenvalue weighted by molar-refractivity contribution is 0.0740. The van der Waals surface area contributed by atoms with Gasteiger partial charge in [0.25, 0.3) is 5.91 Å². The Hall–Kier alpha value is -3.25. The van der Waals surface area contributed by atoms with E-state index in [1.165, 1.54) is 17.2 Å². The molecule has 4 aromatic rings. The largest absolute Gasteiger partial charge is 0.360 e. The Morgan fingerprint density at radius 3 is 2.40 bits per heavy atom. The Labute approximate surface area is 207 Å². The van der Waals surface area contributed by atoms with Crippen molar-refractivity contribution >= 4 is 28.4 Å². The van der Waals surface area contributed by atoms with E-state index in [9.17, 15) is 18.0 Å². The maximum absolute atomic E-state index is 14.9. The molecule has 0 atom stereocenters. The zero-order chi connectivity index (χ0) is 25.3. The molecule has 0 aliphatic heterocycles. The second kappa shape index (κ2) is 9.78. The number of benzene rings is 3. The van der Waals surface area contributed by atoms with Gasteiger partial charge in [-0.1, -0.05) is 68.8 Å². The SMILES string of the molecule is CC(C)(C)c1ccc(CN(CCc2cccc(Cl)c2F)C(=O)c2c(F)c(F)cc3cc[nH]c23)cc1. The second-order valence-electron chi connectivity index (χ2n) is 9.63. The van der Waals surface area contributed by atoms with Crippen molar-refractivity contribution < 1.29 is 18.0 Å². The van der Waals surface area contributed by atoms with E-state index >= 15 is 0 Å². The Kier molecular flexibility index (Phi) is 6.95. The average Bonchev–Trinajstić information content (AvgIpc) is 3.27. The molecule has 35 heavy (non-hydrogen) atoms. The fourth-order valence-electron chi connectivity index (χ4n) is 4.09. The number of nitrogens with one attached hydrogen (secondary N) is 1. The van der Waals surface area contributed by atoms with Gasteiger partial charge in [0.15, 0.2) is 11.6 Å². The van der Waals surface area contributed by atoms with Crippen molar-refractivity contribution in [3.63, 3.8) is 0 Å². The molecular formula is C28H26ClF3N2O. The fraction of sp³-hybridized carbons (Fsp3) is 0.250. The molecule has 4 rings (SSSR count). The van der Waals surface area contributed by atoms with Gasteiger partial charge in [-0.25, -0.2) is 13.2 Å². The lowest BCUT2D eigenvalue weighted by atomic mass is 9.87. The second-order valence-corrected chi connectivity index (χ2v) is 10.0. The van der Waals surface area contributed by atoms with Crippen molar-refractivity contribution in [1.82, 2.24) is 9.88 Å². The first-order valence-corrected chi connectivity index (χ1v) is 11.7. The number of hydrogen-bond acceptors (Lipinski definition) is 1. The number of fused-ring (bicyclic) bond motifs is 1. The smallest absolute Gasteiger partial charge is 0.259 e. The molecule has 0 aliphatic carbocycles. The number of rotatable bonds is 6. The summed E-state index contributed by atoms with van der Waals surface area (Å²) < 4.78 is 43.7. The van der Waals surface area contributed by atoms with Crippen LogP contribution in [-0.2, 0) is 18.4 Å². The van der Waals surface area contributed by atoms with E-state index in [1.54, 1.807) is 18.2 Å². The lowest BCUT2D eigenvalue weighted by Crippen LogP contribution is -2.33. The molecule has 1 N–H and O–H groups in total. The molecule has 0 spiro atoms. The van der Waals surface area contributed by atoms with Gasteiger partial charge in [-0.2, -0.15) is 0 Å². The van der Waals surface area contributed by atoms with Crippen LogP contribution in [0.15, 0.2) is 60.8 Å². The number of hydrogen-bond donors (Lipinski definition) is 1. The van der Waals surface area contributed by atoms with Crippen LogP contribution < -0.4 is 0 Å². The van der Waals surface area contributed by atoms with Crippen LogP contribution in [0.5, 0.6) is 0 Å². The van der Waals surface area contributed by atoms with Crippen molar-refractivity contribution in [1.29, 1.82) is 0 Å². The number of carbonyl (C=O) groups is 1. The minimum absolute atomic E-state index is 0.0117. The number of carbonyl (C=O) groups excluding carboxylic acids is 1. The number of amides is 1. The molecule has 7 heteroatoms. The van der Waals surface area contributed by atoms with Crippen LogP contribution in [0.4, 0.5) is 13.2 Å². The Balaban J connectivity index is 1.70. The van der Waals surface area contributed by atoms with Gasteiger partial charge in [0.2, 0.25) is 0 Å². The van der Waals surface area contributed by atoms with Crippen LogP contribution in [0.1, 0.15) is 47.8 Å². The standard InChI is InChI=1S/C28H26ClF3N2O/c1-28(2,3)20-9-7-17(8-10-20)16-34(14-12-18-5-4-6-21(29)24(18)31)27(35)23-25(32)22(30)15-19-11-13-33-26(19)23/h4-11,13,15,33H,12,14,16H2,1-3H3. The van der Waals surface area contributed by atoms with E-state index in [0.29, 0.717) is 10.9 Å². The summed E-state index contributed by atoms with van der Waals surface area (Å²) in [4.78, 5) is 17.9. The van der Waals surface area contributed by atoms with Gasteiger partial charge in [0.05, 0.1) is 10.5 Å². The third-order valence-corrected chi connectivity index (χ3v) is 6.41. The lowest BCUT2D eigenvalue weighted by Gasteiger charge is -2.25. The van der Waals surface area contributed by atoms with Crippen LogP contribution in [0.2, 0.25) is 5.02 Å². The third-order valence-electron chi connectivity index (χ3n) is 6.12. The Morgan fingerprint density at radius 1 is 1.00 bits per heavy atom. The van der Waals surface area contributed by atoms with Gasteiger partial charge >= 0.3 is 0 Å². The van der Waals surface area contributed by atoms with E-state index in [1.807, 2.05) is 24.3 Å². The van der Waals surface area contributed by atoms with Crippen molar-refractivity contribution in [3.8, 4) is 0 Å². The van der Waals surface area contributed by atoms with E-state index in [2.05, 4.69) is 25.8 Å². The molecule has 1 aromatic heterocycles. The molecule has 1 heterocycles. The maximum atomic E-state index is 14.9. The molecule has 0 bridgehead atoms. The molecular weight excluding hydrogens is 473 g/mol. The highest BCUT2D eigenvalue weighted by molar-refractivity contribution is 6.30. The van der Waals surface area contributed by atoms with E-state index in [0.717, 1.165) is 17.2 Å². The summed E-state index contributed by atoms with van der Waals surface area (Å²) in [7, 11) is 0. The number of H-pyrrole nitrogens is 1. The zero-order valence-corrected chi connectivity index (χ0v) is 20.5. The number of nitrogens with zero attached hydrogens (tertiary/aromatic N) is 1. The van der Waals surface area contributed by atoms with Gasteiger partial charge in [-0.05, 0) is 46.7 Å². The van der Waals surface area contributed by atoms with Gasteiger partial charge in [-0.3, -0.25) is 4.79 Å². The quantitative estimate of drug-likeness (QED) is 0.295. The van der Waals surface area contributed by atoms with E-state index < -0.39 is 23.4 Å². The summed E-state index contributed by atoms with van der Waals surface area (Å²) in [5.74, 6) is -3.56. The van der Waals surface area contributed by atoms with Gasteiger partial charge in [0.1, 0.15) is 11.4 Å². The normalized spacial score (nSPS) is 11.7. The predicted octanol–water partition coefficient (Wildman–Crippen LogP) is 7.42. The zero-order valence-electron chi connectivity index (χ0n) is 19.8. The molecule has 0 fully saturated rings. The minimum atomic E-state index is -1.22. The summed E-state index contributed by atoms with van der Waals surface area (Å²) in [6, 6.07) is 15.1. The number of aromatic nitrogens is 1. The summed E-state index contributed by atoms with van der Waals surface area (Å²) in [6.07, 6.45) is 1.68. The fourth-order valence-corrected chi connectivity index (χ4v) is 4.28. The molecule has 0 radical (unpaired) electrons. The molecule has 0 saturated heterocycles. The van der Waals surface area contributed by atoms with Crippen molar-refractivity contribution in [2.75, 3.05) is 6.54 Å². The van der Waals surface area contributed by atoms with Gasteiger partial charge in [0, 0.05) is 24.7 Å². The Bertz CT molecular complexity index is 1370. The topological polar surface area (TPSA) is 36.1 Å². The summed E-state index contributed by atoms with van der Waals surface area (Å²) in [5.41, 5.74) is 2.09. The summed E-state index contributed by atoms with van der Waals surface area (Å²) in [6.45, 7) is 6.53. The van der Waals surface area contributed by atoms with Gasteiger partial charge < -0.3 is 9.88 Å². The molecule has 182 valence electrons. The molecule has 0 aliphatic rings. The average molecular weight is 499 g/mol. The van der Waals surface area contributed by atoms with E-state index in [-0.39, 0.29) is 41.0 Å². The van der Waals surface area contributed by atoms with Crippen molar-refractivity contribution in [3.05, 3.63) is 106 Å². The highest BCUT2D eigenvalue weighted by Crippen LogP contribution is 2.27. The van der Waals surface area contributed by atoms with Crippen LogP contribution in [0.25, 0.3) is 10.9 Å². The molecule has 0 unspecified atom stereocenters. The van der Waals surface area contributed by atoms with Crippen LogP contribution in [-0.4, -0.2) is 22.3 Å². The summed E-state index contributed by atoms with van der Waals surface area (Å²) >= 11 is 5.91. The number of halogens is 4. The first-order chi connectivity index (χ1) is 16.6. The third kappa shape index (κ3) is 5.22. The van der Waals surface area contributed by atoms with Crippen molar-refractivity contribution in [2.45, 2.75) is 39.2 Å². The predicted molar refractivity (Wildman–Crippen MR) is 133 cm³/mol. The van der Waals surface area contributed by atoms with E-state index in [4.69, 9.17) is 11.6 Å².